The SMILES string of the molecule is CN1CCc2[nH]nc(S(=O)(=O)C(F)(F)F)c2C1. The van der Waals surface area contributed by atoms with E-state index < -0.39 is 20.4 Å². The molecule has 0 saturated heterocycles. The average Bonchev–Trinajstić information content (AvgIpc) is 2.58. The van der Waals surface area contributed by atoms with Gasteiger partial charge in [-0.15, -0.1) is 0 Å². The second kappa shape index (κ2) is 3.70. The zero-order chi connectivity index (χ0) is 12.8. The lowest BCUT2D eigenvalue weighted by Crippen LogP contribution is -2.29. The maximum Gasteiger partial charge on any atom is 0.503 e. The molecule has 0 bridgehead atoms. The van der Waals surface area contributed by atoms with Crippen LogP contribution in [0.2, 0.25) is 0 Å². The fourth-order valence-corrected chi connectivity index (χ4v) is 2.63. The van der Waals surface area contributed by atoms with Gasteiger partial charge in [0.25, 0.3) is 9.84 Å². The lowest BCUT2D eigenvalue weighted by atomic mass is 10.1. The molecule has 0 fully saturated rings. The van der Waals surface area contributed by atoms with Gasteiger partial charge in [0.05, 0.1) is 0 Å². The molecule has 0 spiro atoms. The van der Waals surface area contributed by atoms with E-state index in [1.54, 1.807) is 11.9 Å². The maximum absolute atomic E-state index is 12.4. The van der Waals surface area contributed by atoms with Gasteiger partial charge in [-0.05, 0) is 7.05 Å². The lowest BCUT2D eigenvalue weighted by molar-refractivity contribution is -0.0438. The summed E-state index contributed by atoms with van der Waals surface area (Å²) in [5, 5.41) is 4.78. The van der Waals surface area contributed by atoms with Gasteiger partial charge in [0, 0.05) is 30.8 Å². The quantitative estimate of drug-likeness (QED) is 0.814. The van der Waals surface area contributed by atoms with Crippen molar-refractivity contribution in [2.24, 2.45) is 0 Å². The highest BCUT2D eigenvalue weighted by molar-refractivity contribution is 7.92. The molecule has 96 valence electrons. The summed E-state index contributed by atoms with van der Waals surface area (Å²) >= 11 is 0. The van der Waals surface area contributed by atoms with Gasteiger partial charge in [-0.3, -0.25) is 5.10 Å². The summed E-state index contributed by atoms with van der Waals surface area (Å²) in [6, 6.07) is 0. The second-order valence-electron chi connectivity index (χ2n) is 3.92. The van der Waals surface area contributed by atoms with Crippen molar-refractivity contribution in [3.8, 4) is 0 Å². The predicted octanol–water partition coefficient (Wildman–Crippen LogP) is 0.691. The number of aromatic amines is 1. The minimum Gasteiger partial charge on any atom is -0.302 e. The van der Waals surface area contributed by atoms with Crippen molar-refractivity contribution in [3.05, 3.63) is 11.3 Å². The van der Waals surface area contributed by atoms with E-state index in [1.165, 1.54) is 0 Å². The highest BCUT2D eigenvalue weighted by Gasteiger charge is 2.50. The first-order chi connectivity index (χ1) is 7.73. The summed E-state index contributed by atoms with van der Waals surface area (Å²) < 4.78 is 59.8. The van der Waals surface area contributed by atoms with Crippen LogP contribution < -0.4 is 0 Å². The fraction of sp³-hybridized carbons (Fsp3) is 0.625. The first-order valence-corrected chi connectivity index (χ1v) is 6.28. The van der Waals surface area contributed by atoms with Crippen LogP contribution in [0, 0.1) is 0 Å². The van der Waals surface area contributed by atoms with E-state index in [4.69, 9.17) is 0 Å². The summed E-state index contributed by atoms with van der Waals surface area (Å²) in [5.41, 5.74) is -4.73. The molecule has 1 aliphatic heterocycles. The number of halogens is 3. The molecule has 0 aromatic carbocycles. The highest BCUT2D eigenvalue weighted by Crippen LogP contribution is 2.33. The Kier molecular flexibility index (Phi) is 2.69. The summed E-state index contributed by atoms with van der Waals surface area (Å²) in [7, 11) is -3.66. The Bertz CT molecular complexity index is 535. The third kappa shape index (κ3) is 1.93. The van der Waals surface area contributed by atoms with Gasteiger partial charge < -0.3 is 4.90 Å². The minimum absolute atomic E-state index is 0.121. The summed E-state index contributed by atoms with van der Waals surface area (Å²) in [6.07, 6.45) is 0.464. The topological polar surface area (TPSA) is 66.1 Å². The van der Waals surface area contributed by atoms with Crippen LogP contribution in [0.15, 0.2) is 5.03 Å². The van der Waals surface area contributed by atoms with E-state index in [-0.39, 0.29) is 12.1 Å². The van der Waals surface area contributed by atoms with E-state index in [1.807, 2.05) is 0 Å². The number of H-pyrrole nitrogens is 1. The number of hydrogen-bond donors (Lipinski definition) is 1. The van der Waals surface area contributed by atoms with E-state index in [0.717, 1.165) is 0 Å². The Balaban J connectivity index is 2.52. The molecule has 0 atom stereocenters. The first-order valence-electron chi connectivity index (χ1n) is 4.79. The fourth-order valence-electron chi connectivity index (χ4n) is 1.74. The molecule has 0 unspecified atom stereocenters. The third-order valence-electron chi connectivity index (χ3n) is 2.65. The molecule has 0 amide bonds. The van der Waals surface area contributed by atoms with Gasteiger partial charge in [0.1, 0.15) is 0 Å². The lowest BCUT2D eigenvalue weighted by Gasteiger charge is -2.22. The van der Waals surface area contributed by atoms with Crippen LogP contribution in [0.4, 0.5) is 13.2 Å². The van der Waals surface area contributed by atoms with Gasteiger partial charge in [0.2, 0.25) is 0 Å². The van der Waals surface area contributed by atoms with E-state index >= 15 is 0 Å². The highest BCUT2D eigenvalue weighted by atomic mass is 32.2. The molecule has 0 saturated carbocycles. The van der Waals surface area contributed by atoms with Crippen molar-refractivity contribution >= 4 is 9.84 Å². The molecular formula is C8H10F3N3O2S. The largest absolute Gasteiger partial charge is 0.503 e. The number of nitrogens with one attached hydrogen (secondary N) is 1. The third-order valence-corrected chi connectivity index (χ3v) is 4.10. The van der Waals surface area contributed by atoms with Crippen LogP contribution in [-0.4, -0.2) is 42.6 Å². The van der Waals surface area contributed by atoms with Crippen LogP contribution >= 0.6 is 0 Å². The number of rotatable bonds is 1. The smallest absolute Gasteiger partial charge is 0.302 e. The summed E-state index contributed by atoms with van der Waals surface area (Å²) in [5.74, 6) is 0. The van der Waals surface area contributed by atoms with Gasteiger partial charge in [0.15, 0.2) is 5.03 Å². The molecule has 2 heterocycles. The van der Waals surface area contributed by atoms with Gasteiger partial charge >= 0.3 is 5.51 Å². The van der Waals surface area contributed by atoms with Gasteiger partial charge in [-0.1, -0.05) is 0 Å². The standard InChI is InChI=1S/C8H10F3N3O2S/c1-14-3-2-6-5(4-14)7(13-12-6)17(15,16)8(9,10)11/h2-4H2,1H3,(H,12,13). The van der Waals surface area contributed by atoms with Crippen molar-refractivity contribution in [1.82, 2.24) is 15.1 Å². The molecule has 0 aliphatic carbocycles. The number of fused-ring (bicyclic) bond motifs is 1. The number of aromatic nitrogens is 2. The zero-order valence-electron chi connectivity index (χ0n) is 8.87. The second-order valence-corrected chi connectivity index (χ2v) is 5.78. The molecule has 1 N–H and O–H groups in total. The molecule has 9 heteroatoms. The van der Waals surface area contributed by atoms with Crippen LogP contribution in [0.1, 0.15) is 11.3 Å². The Morgan fingerprint density at radius 3 is 2.65 bits per heavy atom. The van der Waals surface area contributed by atoms with Crippen LogP contribution in [0.3, 0.4) is 0 Å². The predicted molar refractivity (Wildman–Crippen MR) is 51.9 cm³/mol. The van der Waals surface area contributed by atoms with Crippen molar-refractivity contribution in [1.29, 1.82) is 0 Å². The molecule has 1 aromatic heterocycles. The van der Waals surface area contributed by atoms with Crippen molar-refractivity contribution < 1.29 is 21.6 Å². The van der Waals surface area contributed by atoms with Crippen LogP contribution in [-0.2, 0) is 22.8 Å². The summed E-state index contributed by atoms with van der Waals surface area (Å²) in [4.78, 5) is 1.74. The molecule has 17 heavy (non-hydrogen) atoms. The number of sulfone groups is 1. The monoisotopic (exact) mass is 269 g/mol. The van der Waals surface area contributed by atoms with Crippen LogP contribution in [0.25, 0.3) is 0 Å². The molecule has 0 radical (unpaired) electrons. The Morgan fingerprint density at radius 2 is 2.06 bits per heavy atom. The minimum atomic E-state index is -5.37. The van der Waals surface area contributed by atoms with E-state index in [0.29, 0.717) is 18.7 Å². The first kappa shape index (κ1) is 12.4. The van der Waals surface area contributed by atoms with Crippen molar-refractivity contribution in [2.45, 2.75) is 23.5 Å². The molecule has 1 aromatic rings. The van der Waals surface area contributed by atoms with E-state index in [9.17, 15) is 21.6 Å². The maximum atomic E-state index is 12.4. The van der Waals surface area contributed by atoms with Crippen molar-refractivity contribution in [2.75, 3.05) is 13.6 Å². The average molecular weight is 269 g/mol. The Morgan fingerprint density at radius 1 is 1.41 bits per heavy atom. The summed E-state index contributed by atoms with van der Waals surface area (Å²) in [6.45, 7) is 0.803. The Labute approximate surface area is 95.5 Å². The molecular weight excluding hydrogens is 259 g/mol. The number of likely N-dealkylation sites (N-methyl/N-ethyl adjacent to an activating group) is 1. The number of hydrogen-bond acceptors (Lipinski definition) is 4. The van der Waals surface area contributed by atoms with Gasteiger partial charge in [-0.25, -0.2) is 8.42 Å². The Hall–Kier alpha value is -1.09. The number of alkyl halides is 3. The van der Waals surface area contributed by atoms with Crippen molar-refractivity contribution in [3.63, 3.8) is 0 Å². The zero-order valence-corrected chi connectivity index (χ0v) is 9.69. The normalized spacial score (nSPS) is 18.1. The van der Waals surface area contributed by atoms with E-state index in [2.05, 4.69) is 10.2 Å². The molecule has 1 aliphatic rings. The number of nitrogens with zero attached hydrogens (tertiary/aromatic N) is 2. The van der Waals surface area contributed by atoms with Crippen LogP contribution in [0.5, 0.6) is 0 Å². The van der Waals surface area contributed by atoms with Gasteiger partial charge in [-0.2, -0.15) is 18.3 Å². The molecule has 5 nitrogen and oxygen atoms in total. The molecule has 2 rings (SSSR count).